The molecule has 0 spiro atoms. The summed E-state index contributed by atoms with van der Waals surface area (Å²) in [6, 6.07) is 3.72. The number of likely N-dealkylation sites (N-methyl/N-ethyl adjacent to an activating group) is 1. The lowest BCUT2D eigenvalue weighted by atomic mass is 9.90. The molecule has 146 valence electrons. The van der Waals surface area contributed by atoms with Crippen LogP contribution in [0.3, 0.4) is 0 Å². The predicted molar refractivity (Wildman–Crippen MR) is 92.4 cm³/mol. The van der Waals surface area contributed by atoms with Crippen LogP contribution in [0.4, 0.5) is 13.2 Å². The van der Waals surface area contributed by atoms with Crippen molar-refractivity contribution in [2.45, 2.75) is 43.7 Å². The van der Waals surface area contributed by atoms with Gasteiger partial charge in [-0.2, -0.15) is 13.2 Å². The lowest BCUT2D eigenvalue weighted by molar-refractivity contribution is -0.139. The zero-order chi connectivity index (χ0) is 19.2. The number of aromatic nitrogens is 2. The fourth-order valence-electron chi connectivity index (χ4n) is 4.09. The van der Waals surface area contributed by atoms with E-state index >= 15 is 0 Å². The molecular formula is C18H21F3N4O2. The summed E-state index contributed by atoms with van der Waals surface area (Å²) < 4.78 is 45.1. The molecule has 1 amide bonds. The van der Waals surface area contributed by atoms with Gasteiger partial charge in [0.2, 0.25) is 0 Å². The summed E-state index contributed by atoms with van der Waals surface area (Å²) >= 11 is 0. The maximum Gasteiger partial charge on any atom is 0.406 e. The van der Waals surface area contributed by atoms with Crippen molar-refractivity contribution in [1.82, 2.24) is 19.8 Å². The van der Waals surface area contributed by atoms with Gasteiger partial charge in [0.05, 0.1) is 18.8 Å². The Kier molecular flexibility index (Phi) is 4.59. The van der Waals surface area contributed by atoms with Crippen molar-refractivity contribution in [2.75, 3.05) is 20.3 Å². The van der Waals surface area contributed by atoms with Crippen molar-refractivity contribution in [3.63, 3.8) is 0 Å². The molecule has 2 aliphatic heterocycles. The number of carbonyl (C=O) groups is 1. The number of amides is 1. The van der Waals surface area contributed by atoms with E-state index in [1.165, 1.54) is 12.4 Å². The Labute approximate surface area is 154 Å². The van der Waals surface area contributed by atoms with Crippen LogP contribution in [0.15, 0.2) is 24.5 Å². The monoisotopic (exact) mass is 382 g/mol. The molecule has 3 atom stereocenters. The Morgan fingerprint density at radius 1 is 1.33 bits per heavy atom. The number of hydrogen-bond acceptors (Lipinski definition) is 4. The van der Waals surface area contributed by atoms with Gasteiger partial charge in [0.25, 0.3) is 5.91 Å². The molecule has 27 heavy (non-hydrogen) atoms. The number of fused-ring (bicyclic) bond motifs is 3. The van der Waals surface area contributed by atoms with Gasteiger partial charge < -0.3 is 14.6 Å². The molecular weight excluding hydrogens is 361 g/mol. The number of alkyl halides is 3. The average Bonchev–Trinajstić information content (AvgIpc) is 2.93. The Bertz CT molecular complexity index is 837. The van der Waals surface area contributed by atoms with Crippen LogP contribution in [0.5, 0.6) is 0 Å². The number of hydrogen-bond donors (Lipinski definition) is 1. The first kappa shape index (κ1) is 18.2. The smallest absolute Gasteiger partial charge is 0.378 e. The number of piperidine rings is 1. The number of ether oxygens (including phenoxy) is 1. The van der Waals surface area contributed by atoms with E-state index < -0.39 is 12.7 Å². The lowest BCUT2D eigenvalue weighted by Crippen LogP contribution is -2.59. The molecule has 2 aromatic rings. The number of morpholine rings is 1. The van der Waals surface area contributed by atoms with Gasteiger partial charge in [-0.3, -0.25) is 9.69 Å². The molecule has 1 unspecified atom stereocenters. The molecule has 6 nitrogen and oxygen atoms in total. The second kappa shape index (κ2) is 6.79. The SMILES string of the molecule is CN1[C@@H]2COC[C@H]1CC(NC(=O)c1cn(CC(F)(F)F)c3ncccc13)C2. The lowest BCUT2D eigenvalue weighted by Gasteiger charge is -2.46. The molecule has 2 saturated heterocycles. The molecule has 2 bridgehead atoms. The van der Waals surface area contributed by atoms with E-state index in [0.717, 1.165) is 17.4 Å². The van der Waals surface area contributed by atoms with Crippen LogP contribution >= 0.6 is 0 Å². The van der Waals surface area contributed by atoms with Crippen molar-refractivity contribution in [3.8, 4) is 0 Å². The van der Waals surface area contributed by atoms with E-state index in [2.05, 4.69) is 22.2 Å². The van der Waals surface area contributed by atoms with E-state index in [9.17, 15) is 18.0 Å². The van der Waals surface area contributed by atoms with Gasteiger partial charge in [0, 0.05) is 35.9 Å². The minimum Gasteiger partial charge on any atom is -0.378 e. The van der Waals surface area contributed by atoms with Gasteiger partial charge >= 0.3 is 6.18 Å². The number of rotatable bonds is 3. The molecule has 1 N–H and O–H groups in total. The number of nitrogens with one attached hydrogen (secondary N) is 1. The fraction of sp³-hybridized carbons (Fsp3) is 0.556. The first-order valence-electron chi connectivity index (χ1n) is 8.93. The molecule has 4 heterocycles. The quantitative estimate of drug-likeness (QED) is 0.884. The van der Waals surface area contributed by atoms with Gasteiger partial charge in [-0.05, 0) is 32.0 Å². The predicted octanol–water partition coefficient (Wildman–Crippen LogP) is 2.19. The second-order valence-corrected chi connectivity index (χ2v) is 7.31. The molecule has 4 rings (SSSR count). The van der Waals surface area contributed by atoms with Crippen LogP contribution in [0.1, 0.15) is 23.2 Å². The third-order valence-corrected chi connectivity index (χ3v) is 5.45. The summed E-state index contributed by atoms with van der Waals surface area (Å²) in [5.74, 6) is -0.359. The number of halogens is 3. The Balaban J connectivity index is 1.56. The minimum absolute atomic E-state index is 0.0229. The third kappa shape index (κ3) is 3.66. The molecule has 2 fully saturated rings. The highest BCUT2D eigenvalue weighted by atomic mass is 19.4. The van der Waals surface area contributed by atoms with Crippen molar-refractivity contribution >= 4 is 16.9 Å². The van der Waals surface area contributed by atoms with Crippen LogP contribution in [-0.2, 0) is 11.3 Å². The first-order valence-corrected chi connectivity index (χ1v) is 8.93. The first-order chi connectivity index (χ1) is 12.8. The van der Waals surface area contributed by atoms with Gasteiger partial charge in [0.1, 0.15) is 12.2 Å². The molecule has 0 aromatic carbocycles. The minimum atomic E-state index is -4.39. The molecule has 2 aromatic heterocycles. The maximum atomic E-state index is 12.9. The van der Waals surface area contributed by atoms with E-state index in [4.69, 9.17) is 4.74 Å². The maximum absolute atomic E-state index is 12.9. The van der Waals surface area contributed by atoms with Gasteiger partial charge in [-0.1, -0.05) is 0 Å². The molecule has 2 aliphatic rings. The van der Waals surface area contributed by atoms with Crippen LogP contribution in [0.2, 0.25) is 0 Å². The van der Waals surface area contributed by atoms with E-state index in [1.54, 1.807) is 12.1 Å². The zero-order valence-corrected chi connectivity index (χ0v) is 14.9. The average molecular weight is 382 g/mol. The van der Waals surface area contributed by atoms with Gasteiger partial charge in [-0.25, -0.2) is 4.98 Å². The molecule has 9 heteroatoms. The second-order valence-electron chi connectivity index (χ2n) is 7.31. The summed E-state index contributed by atoms with van der Waals surface area (Å²) in [5, 5.41) is 3.44. The fourth-order valence-corrected chi connectivity index (χ4v) is 4.09. The van der Waals surface area contributed by atoms with E-state index in [1.807, 2.05) is 0 Å². The van der Waals surface area contributed by atoms with Crippen LogP contribution < -0.4 is 5.32 Å². The number of pyridine rings is 1. The van der Waals surface area contributed by atoms with Gasteiger partial charge in [0.15, 0.2) is 0 Å². The third-order valence-electron chi connectivity index (χ3n) is 5.45. The van der Waals surface area contributed by atoms with Gasteiger partial charge in [-0.15, -0.1) is 0 Å². The standard InChI is InChI=1S/C18H21F3N4O2/c1-24-12-5-11(6-13(24)9-27-8-12)23-17(26)15-7-25(10-18(19,20)21)16-14(15)3-2-4-22-16/h2-4,7,11-13H,5-6,8-10H2,1H3,(H,23,26)/t11?,12-,13+. The van der Waals surface area contributed by atoms with Crippen molar-refractivity contribution in [1.29, 1.82) is 0 Å². The Hall–Kier alpha value is -2.13. The number of nitrogens with zero attached hydrogens (tertiary/aromatic N) is 3. The number of carbonyl (C=O) groups excluding carboxylic acids is 1. The molecule has 0 radical (unpaired) electrons. The van der Waals surface area contributed by atoms with Crippen LogP contribution in [0, 0.1) is 0 Å². The largest absolute Gasteiger partial charge is 0.406 e. The summed E-state index contributed by atoms with van der Waals surface area (Å²) in [7, 11) is 2.06. The summed E-state index contributed by atoms with van der Waals surface area (Å²) in [4.78, 5) is 19.1. The van der Waals surface area contributed by atoms with E-state index in [-0.39, 0.29) is 35.2 Å². The zero-order valence-electron chi connectivity index (χ0n) is 14.9. The summed E-state index contributed by atoms with van der Waals surface area (Å²) in [6.07, 6.45) is -0.187. The van der Waals surface area contributed by atoms with Crippen molar-refractivity contribution in [2.24, 2.45) is 0 Å². The highest BCUT2D eigenvalue weighted by molar-refractivity contribution is 6.06. The molecule has 0 aliphatic carbocycles. The Morgan fingerprint density at radius 2 is 2.04 bits per heavy atom. The summed E-state index contributed by atoms with van der Waals surface area (Å²) in [5.41, 5.74) is 0.385. The van der Waals surface area contributed by atoms with Crippen molar-refractivity contribution < 1.29 is 22.7 Å². The highest BCUT2D eigenvalue weighted by Gasteiger charge is 2.37. The Morgan fingerprint density at radius 3 is 2.70 bits per heavy atom. The van der Waals surface area contributed by atoms with E-state index in [0.29, 0.717) is 18.6 Å². The van der Waals surface area contributed by atoms with Crippen LogP contribution in [-0.4, -0.2) is 64.9 Å². The molecule has 0 saturated carbocycles. The van der Waals surface area contributed by atoms with Crippen molar-refractivity contribution in [3.05, 3.63) is 30.1 Å². The normalized spacial score (nSPS) is 26.3. The van der Waals surface area contributed by atoms with Crippen LogP contribution in [0.25, 0.3) is 11.0 Å². The topological polar surface area (TPSA) is 59.4 Å². The summed E-state index contributed by atoms with van der Waals surface area (Å²) in [6.45, 7) is 0.0892. The highest BCUT2D eigenvalue weighted by Crippen LogP contribution is 2.28.